The number of sulfonamides is 1. The van der Waals surface area contributed by atoms with Gasteiger partial charge in [0.1, 0.15) is 6.33 Å². The number of nitrogens with one attached hydrogen (secondary N) is 2. The van der Waals surface area contributed by atoms with Gasteiger partial charge in [-0.1, -0.05) is 12.1 Å². The lowest BCUT2D eigenvalue weighted by molar-refractivity contribution is 0.579. The number of aromatic nitrogens is 2. The quantitative estimate of drug-likeness (QED) is 0.831. The van der Waals surface area contributed by atoms with E-state index < -0.39 is 10.0 Å². The van der Waals surface area contributed by atoms with Crippen molar-refractivity contribution in [1.82, 2.24) is 20.0 Å². The van der Waals surface area contributed by atoms with E-state index in [0.717, 1.165) is 11.1 Å². The summed E-state index contributed by atoms with van der Waals surface area (Å²) in [6.45, 7) is 2.58. The molecule has 0 bridgehead atoms. The first-order chi connectivity index (χ1) is 10.0. The smallest absolute Gasteiger partial charge is 0.241 e. The molecule has 0 atom stereocenters. The van der Waals surface area contributed by atoms with E-state index in [2.05, 4.69) is 20.0 Å². The SMILES string of the molecule is CNCc1cccc(S(=O)(=O)NCc2ccncn2)c1C. The summed E-state index contributed by atoms with van der Waals surface area (Å²) in [7, 11) is -1.74. The third-order valence-electron chi connectivity index (χ3n) is 3.14. The number of hydrogen-bond donors (Lipinski definition) is 2. The molecule has 112 valence electrons. The molecule has 0 unspecified atom stereocenters. The highest BCUT2D eigenvalue weighted by atomic mass is 32.2. The zero-order valence-electron chi connectivity index (χ0n) is 12.0. The number of benzene rings is 1. The fourth-order valence-electron chi connectivity index (χ4n) is 2.00. The van der Waals surface area contributed by atoms with Crippen LogP contribution in [-0.2, 0) is 23.1 Å². The summed E-state index contributed by atoms with van der Waals surface area (Å²) in [5.41, 5.74) is 2.34. The van der Waals surface area contributed by atoms with E-state index in [1.165, 1.54) is 6.33 Å². The standard InChI is InChI=1S/C14H18N4O2S/c1-11-12(8-15-2)4-3-5-14(11)21(19,20)18-9-13-6-7-16-10-17-13/h3-7,10,15,18H,8-9H2,1-2H3. The Kier molecular flexibility index (Phi) is 5.00. The first kappa shape index (κ1) is 15.6. The van der Waals surface area contributed by atoms with Gasteiger partial charge < -0.3 is 5.32 Å². The maximum atomic E-state index is 12.4. The minimum Gasteiger partial charge on any atom is -0.316 e. The number of rotatable bonds is 6. The zero-order valence-corrected chi connectivity index (χ0v) is 12.8. The molecule has 0 radical (unpaired) electrons. The molecule has 0 amide bonds. The van der Waals surface area contributed by atoms with Crippen LogP contribution in [0.4, 0.5) is 0 Å². The Morgan fingerprint density at radius 3 is 2.67 bits per heavy atom. The molecule has 1 aromatic heterocycles. The molecular formula is C14H18N4O2S. The molecule has 0 aliphatic carbocycles. The Hall–Kier alpha value is -1.83. The molecular weight excluding hydrogens is 288 g/mol. The van der Waals surface area contributed by atoms with Gasteiger partial charge in [-0.05, 0) is 37.2 Å². The summed E-state index contributed by atoms with van der Waals surface area (Å²) in [5, 5.41) is 3.03. The Morgan fingerprint density at radius 2 is 2.00 bits per heavy atom. The summed E-state index contributed by atoms with van der Waals surface area (Å²) in [6.07, 6.45) is 2.97. The maximum absolute atomic E-state index is 12.4. The van der Waals surface area contributed by atoms with E-state index >= 15 is 0 Å². The van der Waals surface area contributed by atoms with Gasteiger partial charge in [-0.25, -0.2) is 23.1 Å². The van der Waals surface area contributed by atoms with Crippen molar-refractivity contribution in [2.45, 2.75) is 24.9 Å². The van der Waals surface area contributed by atoms with Crippen LogP contribution >= 0.6 is 0 Å². The Bertz CT molecular complexity index is 702. The van der Waals surface area contributed by atoms with E-state index in [1.54, 1.807) is 24.4 Å². The fraction of sp³-hybridized carbons (Fsp3) is 0.286. The predicted molar refractivity (Wildman–Crippen MR) is 80.0 cm³/mol. The lowest BCUT2D eigenvalue weighted by Gasteiger charge is -2.12. The van der Waals surface area contributed by atoms with E-state index in [1.807, 2.05) is 20.0 Å². The van der Waals surface area contributed by atoms with Crippen molar-refractivity contribution in [1.29, 1.82) is 0 Å². The van der Waals surface area contributed by atoms with Crippen LogP contribution in [0.1, 0.15) is 16.8 Å². The topological polar surface area (TPSA) is 84.0 Å². The first-order valence-electron chi connectivity index (χ1n) is 6.52. The minimum absolute atomic E-state index is 0.139. The second-order valence-corrected chi connectivity index (χ2v) is 6.33. The molecule has 0 spiro atoms. The van der Waals surface area contributed by atoms with Gasteiger partial charge in [0.15, 0.2) is 0 Å². The van der Waals surface area contributed by atoms with Gasteiger partial charge >= 0.3 is 0 Å². The van der Waals surface area contributed by atoms with E-state index in [-0.39, 0.29) is 6.54 Å². The van der Waals surface area contributed by atoms with Crippen LogP contribution in [0.15, 0.2) is 41.7 Å². The van der Waals surface area contributed by atoms with Crippen LogP contribution in [0.3, 0.4) is 0 Å². The van der Waals surface area contributed by atoms with Crippen molar-refractivity contribution < 1.29 is 8.42 Å². The highest BCUT2D eigenvalue weighted by molar-refractivity contribution is 7.89. The number of nitrogens with zero attached hydrogens (tertiary/aromatic N) is 2. The maximum Gasteiger partial charge on any atom is 0.241 e. The second-order valence-electron chi connectivity index (χ2n) is 4.60. The number of hydrogen-bond acceptors (Lipinski definition) is 5. The fourth-order valence-corrected chi connectivity index (χ4v) is 3.29. The van der Waals surface area contributed by atoms with Crippen LogP contribution in [0, 0.1) is 6.92 Å². The lowest BCUT2D eigenvalue weighted by atomic mass is 10.1. The molecule has 1 aromatic carbocycles. The Morgan fingerprint density at radius 1 is 1.19 bits per heavy atom. The van der Waals surface area contributed by atoms with E-state index in [9.17, 15) is 8.42 Å². The van der Waals surface area contributed by atoms with Crippen LogP contribution in [0.25, 0.3) is 0 Å². The van der Waals surface area contributed by atoms with Crippen LogP contribution in [-0.4, -0.2) is 25.4 Å². The molecule has 1 heterocycles. The average Bonchev–Trinajstić information content (AvgIpc) is 2.48. The third-order valence-corrected chi connectivity index (χ3v) is 4.69. The van der Waals surface area contributed by atoms with Gasteiger partial charge in [0.25, 0.3) is 0 Å². The van der Waals surface area contributed by atoms with Crippen molar-refractivity contribution in [3.8, 4) is 0 Å². The Labute approximate surface area is 124 Å². The van der Waals surface area contributed by atoms with Gasteiger partial charge in [0, 0.05) is 12.7 Å². The molecule has 0 saturated carbocycles. The van der Waals surface area contributed by atoms with Crippen molar-refractivity contribution in [2.24, 2.45) is 0 Å². The second kappa shape index (κ2) is 6.75. The molecule has 2 rings (SSSR count). The molecule has 2 N–H and O–H groups in total. The highest BCUT2D eigenvalue weighted by Gasteiger charge is 2.18. The monoisotopic (exact) mass is 306 g/mol. The largest absolute Gasteiger partial charge is 0.316 e. The minimum atomic E-state index is -3.57. The summed E-state index contributed by atoms with van der Waals surface area (Å²) in [4.78, 5) is 8.09. The Balaban J connectivity index is 2.22. The summed E-state index contributed by atoms with van der Waals surface area (Å²) >= 11 is 0. The summed E-state index contributed by atoms with van der Waals surface area (Å²) < 4.78 is 27.4. The van der Waals surface area contributed by atoms with Crippen LogP contribution in [0.2, 0.25) is 0 Å². The van der Waals surface area contributed by atoms with Crippen molar-refractivity contribution in [2.75, 3.05) is 7.05 Å². The van der Waals surface area contributed by atoms with Gasteiger partial charge in [0.2, 0.25) is 10.0 Å². The molecule has 7 heteroatoms. The van der Waals surface area contributed by atoms with Gasteiger partial charge in [-0.2, -0.15) is 0 Å². The summed E-state index contributed by atoms with van der Waals surface area (Å²) in [5.74, 6) is 0. The van der Waals surface area contributed by atoms with E-state index in [0.29, 0.717) is 17.1 Å². The van der Waals surface area contributed by atoms with E-state index in [4.69, 9.17) is 0 Å². The van der Waals surface area contributed by atoms with Gasteiger partial charge in [0.05, 0.1) is 17.1 Å². The zero-order chi connectivity index (χ0) is 15.3. The normalized spacial score (nSPS) is 11.5. The molecule has 0 saturated heterocycles. The molecule has 2 aromatic rings. The van der Waals surface area contributed by atoms with Crippen LogP contribution < -0.4 is 10.0 Å². The molecule has 0 aliphatic heterocycles. The predicted octanol–water partition coefficient (Wildman–Crippen LogP) is 0.983. The molecule has 0 aliphatic rings. The molecule has 21 heavy (non-hydrogen) atoms. The molecule has 6 nitrogen and oxygen atoms in total. The lowest BCUT2D eigenvalue weighted by Crippen LogP contribution is -2.25. The van der Waals surface area contributed by atoms with Crippen LogP contribution in [0.5, 0.6) is 0 Å². The van der Waals surface area contributed by atoms with Crippen molar-refractivity contribution >= 4 is 10.0 Å². The molecule has 0 fully saturated rings. The van der Waals surface area contributed by atoms with Crippen molar-refractivity contribution in [3.05, 3.63) is 53.6 Å². The average molecular weight is 306 g/mol. The first-order valence-corrected chi connectivity index (χ1v) is 8.00. The summed E-state index contributed by atoms with van der Waals surface area (Å²) in [6, 6.07) is 6.94. The van der Waals surface area contributed by atoms with Gasteiger partial charge in [-0.3, -0.25) is 0 Å². The van der Waals surface area contributed by atoms with Crippen molar-refractivity contribution in [3.63, 3.8) is 0 Å². The van der Waals surface area contributed by atoms with Gasteiger partial charge in [-0.15, -0.1) is 0 Å². The third kappa shape index (κ3) is 3.84. The highest BCUT2D eigenvalue weighted by Crippen LogP contribution is 2.19.